The van der Waals surface area contributed by atoms with E-state index in [1.807, 2.05) is 0 Å². The second kappa shape index (κ2) is 3.92. The Balaban J connectivity index is 2.62. The van der Waals surface area contributed by atoms with Gasteiger partial charge in [0.15, 0.2) is 16.3 Å². The maximum absolute atomic E-state index is 12.2. The Morgan fingerprint density at radius 2 is 0.810 bits per heavy atom. The van der Waals surface area contributed by atoms with E-state index in [4.69, 9.17) is 0 Å². The van der Waals surface area contributed by atoms with Crippen molar-refractivity contribution >= 4 is 32.7 Å². The molecule has 6 nitrogen and oxygen atoms in total. The first kappa shape index (κ1) is 11.7. The van der Waals surface area contributed by atoms with Crippen molar-refractivity contribution in [1.29, 1.82) is 0 Å². The highest BCUT2D eigenvalue weighted by atomic mass is 16.1. The molecule has 0 atom stereocenters. The van der Waals surface area contributed by atoms with Gasteiger partial charge in [0.25, 0.3) is 0 Å². The van der Waals surface area contributed by atoms with Gasteiger partial charge in [-0.1, -0.05) is 0 Å². The molecular formula is C15H9N3O3. The molecule has 21 heavy (non-hydrogen) atoms. The van der Waals surface area contributed by atoms with E-state index in [0.717, 1.165) is 0 Å². The molecule has 3 aromatic heterocycles. The second-order valence-corrected chi connectivity index (χ2v) is 4.78. The molecular weight excluding hydrogens is 270 g/mol. The van der Waals surface area contributed by atoms with Crippen molar-refractivity contribution in [3.8, 4) is 0 Å². The molecule has 3 heterocycles. The average Bonchev–Trinajstić information content (AvgIpc) is 2.47. The summed E-state index contributed by atoms with van der Waals surface area (Å²) in [6, 6.07) is 4.11. The van der Waals surface area contributed by atoms with Crippen LogP contribution >= 0.6 is 0 Å². The number of fused-ring (bicyclic) bond motifs is 6. The minimum absolute atomic E-state index is 0.249. The van der Waals surface area contributed by atoms with Crippen LogP contribution in [0.25, 0.3) is 32.7 Å². The average molecular weight is 279 g/mol. The maximum atomic E-state index is 12.2. The number of hydrogen-bond donors (Lipinski definition) is 3. The van der Waals surface area contributed by atoms with Gasteiger partial charge in [-0.2, -0.15) is 0 Å². The largest absolute Gasteiger partial charge is 0.360 e. The lowest BCUT2D eigenvalue weighted by molar-refractivity contribution is 1.35. The van der Waals surface area contributed by atoms with Gasteiger partial charge in [0.05, 0.1) is 32.7 Å². The molecule has 0 spiro atoms. The molecule has 1 aromatic carbocycles. The molecule has 3 N–H and O–H groups in total. The third-order valence-electron chi connectivity index (χ3n) is 3.63. The van der Waals surface area contributed by atoms with Gasteiger partial charge in [-0.3, -0.25) is 14.4 Å². The van der Waals surface area contributed by atoms with Gasteiger partial charge in [0, 0.05) is 36.8 Å². The lowest BCUT2D eigenvalue weighted by Crippen LogP contribution is -2.11. The van der Waals surface area contributed by atoms with E-state index in [-0.39, 0.29) is 16.3 Å². The highest BCUT2D eigenvalue weighted by Crippen LogP contribution is 2.25. The van der Waals surface area contributed by atoms with Crippen molar-refractivity contribution in [2.75, 3.05) is 0 Å². The van der Waals surface area contributed by atoms with Crippen LogP contribution in [0.1, 0.15) is 0 Å². The van der Waals surface area contributed by atoms with Crippen LogP contribution in [0.2, 0.25) is 0 Å². The Labute approximate surface area is 116 Å². The first-order valence-corrected chi connectivity index (χ1v) is 6.34. The Morgan fingerprint density at radius 1 is 0.524 bits per heavy atom. The van der Waals surface area contributed by atoms with Gasteiger partial charge in [-0.15, -0.1) is 0 Å². The van der Waals surface area contributed by atoms with Crippen LogP contribution in [0.15, 0.2) is 51.2 Å². The van der Waals surface area contributed by atoms with Gasteiger partial charge in [0.2, 0.25) is 0 Å². The van der Waals surface area contributed by atoms with Gasteiger partial charge in [-0.05, 0) is 0 Å². The fraction of sp³-hybridized carbons (Fsp3) is 0. The quantitative estimate of drug-likeness (QED) is 0.422. The summed E-state index contributed by atoms with van der Waals surface area (Å²) in [6.45, 7) is 0. The highest BCUT2D eigenvalue weighted by molar-refractivity contribution is 6.21. The Kier molecular flexibility index (Phi) is 2.18. The van der Waals surface area contributed by atoms with Gasteiger partial charge in [0.1, 0.15) is 0 Å². The molecule has 4 aromatic rings. The molecule has 6 heteroatoms. The summed E-state index contributed by atoms with van der Waals surface area (Å²) in [7, 11) is 0. The first-order valence-electron chi connectivity index (χ1n) is 6.34. The van der Waals surface area contributed by atoms with Gasteiger partial charge < -0.3 is 15.0 Å². The minimum atomic E-state index is -0.249. The van der Waals surface area contributed by atoms with E-state index in [1.165, 1.54) is 36.8 Å². The molecule has 0 radical (unpaired) electrons. The van der Waals surface area contributed by atoms with Crippen molar-refractivity contribution in [3.05, 3.63) is 67.5 Å². The van der Waals surface area contributed by atoms with E-state index in [0.29, 0.717) is 32.7 Å². The molecule has 0 aliphatic carbocycles. The summed E-state index contributed by atoms with van der Waals surface area (Å²) in [5.41, 5.74) is 0.526. The van der Waals surface area contributed by atoms with Crippen molar-refractivity contribution in [2.24, 2.45) is 0 Å². The summed E-state index contributed by atoms with van der Waals surface area (Å²) in [6.07, 6.45) is 4.47. The molecule has 0 saturated carbocycles. The molecule has 0 aliphatic heterocycles. The number of aromatic nitrogens is 3. The minimum Gasteiger partial charge on any atom is -0.360 e. The predicted molar refractivity (Wildman–Crippen MR) is 80.8 cm³/mol. The summed E-state index contributed by atoms with van der Waals surface area (Å²) in [5.74, 6) is 0. The van der Waals surface area contributed by atoms with Crippen LogP contribution in [0.4, 0.5) is 0 Å². The van der Waals surface area contributed by atoms with E-state index < -0.39 is 0 Å². The van der Waals surface area contributed by atoms with E-state index in [9.17, 15) is 14.4 Å². The van der Waals surface area contributed by atoms with Crippen LogP contribution in [0.5, 0.6) is 0 Å². The number of aromatic amines is 3. The molecule has 4 rings (SSSR count). The molecule has 0 aliphatic rings. The summed E-state index contributed by atoms with van der Waals surface area (Å²) >= 11 is 0. The van der Waals surface area contributed by atoms with E-state index >= 15 is 0 Å². The number of H-pyrrole nitrogens is 3. The van der Waals surface area contributed by atoms with E-state index in [1.54, 1.807) is 0 Å². The topological polar surface area (TPSA) is 98.6 Å². The van der Waals surface area contributed by atoms with Crippen molar-refractivity contribution < 1.29 is 0 Å². The van der Waals surface area contributed by atoms with Crippen LogP contribution in [-0.4, -0.2) is 15.0 Å². The molecule has 0 fully saturated rings. The van der Waals surface area contributed by atoms with Gasteiger partial charge in [-0.25, -0.2) is 0 Å². The molecule has 102 valence electrons. The van der Waals surface area contributed by atoms with Gasteiger partial charge >= 0.3 is 0 Å². The number of rotatable bonds is 0. The Hall–Kier alpha value is -3.15. The van der Waals surface area contributed by atoms with Crippen molar-refractivity contribution in [1.82, 2.24) is 15.0 Å². The zero-order chi connectivity index (χ0) is 14.6. The van der Waals surface area contributed by atoms with Crippen molar-refractivity contribution in [3.63, 3.8) is 0 Å². The predicted octanol–water partition coefficient (Wildman–Crippen LogP) is 1.21. The summed E-state index contributed by atoms with van der Waals surface area (Å²) in [4.78, 5) is 45.4. The lowest BCUT2D eigenvalue weighted by Gasteiger charge is -2.07. The smallest absolute Gasteiger partial charge is 0.191 e. The third-order valence-corrected chi connectivity index (χ3v) is 3.63. The number of benzene rings is 1. The Bertz CT molecular complexity index is 1020. The fourth-order valence-corrected chi connectivity index (χ4v) is 2.77. The molecule has 0 unspecified atom stereocenters. The SMILES string of the molecule is O=c1cc[nH]c2c1c1[nH]ccc(=O)c1c1[nH]ccc(=O)c21. The van der Waals surface area contributed by atoms with Crippen LogP contribution in [0, 0.1) is 0 Å². The Morgan fingerprint density at radius 3 is 1.10 bits per heavy atom. The summed E-state index contributed by atoms with van der Waals surface area (Å²) in [5, 5.41) is 0.943. The molecule has 0 amide bonds. The molecule has 0 bridgehead atoms. The highest BCUT2D eigenvalue weighted by Gasteiger charge is 2.15. The standard InChI is InChI=1S/C15H9N3O3/c19-7-1-4-16-13-10(7)14-12(9(21)2-5-17-14)15-11(13)8(20)3-6-18-15/h1-6H,(H,16,19)(H,17,21)(H,18,20). The van der Waals surface area contributed by atoms with Crippen molar-refractivity contribution in [2.45, 2.75) is 0 Å². The van der Waals surface area contributed by atoms with Crippen LogP contribution < -0.4 is 16.3 Å². The number of nitrogens with one attached hydrogen (secondary N) is 3. The van der Waals surface area contributed by atoms with E-state index in [2.05, 4.69) is 15.0 Å². The van der Waals surface area contributed by atoms with Crippen LogP contribution in [0.3, 0.4) is 0 Å². The normalized spacial score (nSPS) is 11.4. The third kappa shape index (κ3) is 1.44. The second-order valence-electron chi connectivity index (χ2n) is 4.78. The first-order chi connectivity index (χ1) is 10.2. The maximum Gasteiger partial charge on any atom is 0.191 e. The monoisotopic (exact) mass is 279 g/mol. The fourth-order valence-electron chi connectivity index (χ4n) is 2.77. The number of hydrogen-bond acceptors (Lipinski definition) is 3. The zero-order valence-corrected chi connectivity index (χ0v) is 10.7. The van der Waals surface area contributed by atoms with Crippen LogP contribution in [-0.2, 0) is 0 Å². The number of pyridine rings is 3. The lowest BCUT2D eigenvalue weighted by atomic mass is 10.0. The summed E-state index contributed by atoms with van der Waals surface area (Å²) < 4.78 is 0. The zero-order valence-electron chi connectivity index (χ0n) is 10.7. The molecule has 0 saturated heterocycles.